The molecule has 0 unspecified atom stereocenters. The lowest BCUT2D eigenvalue weighted by atomic mass is 10.1. The molecule has 2 N–H and O–H groups in total. The highest BCUT2D eigenvalue weighted by atomic mass is 16.1. The molecule has 2 heterocycles. The number of rotatable bonds is 5. The first-order valence-electron chi connectivity index (χ1n) is 7.42. The average molecular weight is 285 g/mol. The Bertz CT molecular complexity index is 589. The molecule has 21 heavy (non-hydrogen) atoms. The molecule has 1 saturated carbocycles. The number of nitrogens with one attached hydrogen (secondary N) is 2. The Balaban J connectivity index is 1.50. The fraction of sp³-hybridized carbons (Fsp3) is 0.467. The van der Waals surface area contributed by atoms with Gasteiger partial charge in [0.15, 0.2) is 5.82 Å². The highest BCUT2D eigenvalue weighted by Crippen LogP contribution is 2.24. The first-order valence-corrected chi connectivity index (χ1v) is 7.42. The molecule has 1 fully saturated rings. The molecule has 3 rings (SSSR count). The van der Waals surface area contributed by atoms with Crippen LogP contribution in [0, 0.1) is 5.92 Å². The van der Waals surface area contributed by atoms with Crippen LogP contribution in [-0.2, 0) is 11.2 Å². The van der Waals surface area contributed by atoms with E-state index >= 15 is 0 Å². The topological polar surface area (TPSA) is 83.6 Å². The van der Waals surface area contributed by atoms with Crippen LogP contribution in [0.5, 0.6) is 0 Å². The maximum Gasteiger partial charge on any atom is 0.223 e. The number of carbonyl (C=O) groups is 1. The second-order valence-electron chi connectivity index (χ2n) is 5.37. The average Bonchev–Trinajstić information content (AvgIpc) is 3.20. The predicted octanol–water partition coefficient (Wildman–Crippen LogP) is 1.72. The number of aromatic nitrogens is 4. The maximum atomic E-state index is 11.9. The summed E-state index contributed by atoms with van der Waals surface area (Å²) in [4.78, 5) is 20.4. The van der Waals surface area contributed by atoms with Gasteiger partial charge >= 0.3 is 0 Å². The van der Waals surface area contributed by atoms with Crippen molar-refractivity contribution >= 4 is 5.91 Å². The number of nitrogens with zero attached hydrogens (tertiary/aromatic N) is 3. The third kappa shape index (κ3) is 3.45. The van der Waals surface area contributed by atoms with Gasteiger partial charge in [-0.15, -0.1) is 0 Å². The Morgan fingerprint density at radius 3 is 3.00 bits per heavy atom. The van der Waals surface area contributed by atoms with Crippen LogP contribution in [-0.4, -0.2) is 32.6 Å². The first kappa shape index (κ1) is 13.7. The number of amides is 1. The SMILES string of the molecule is O=C(NCCc1nc(-c2cccnc2)n[nH]1)C1CCCC1. The molecule has 0 spiro atoms. The van der Waals surface area contributed by atoms with Crippen molar-refractivity contribution in [2.45, 2.75) is 32.1 Å². The largest absolute Gasteiger partial charge is 0.355 e. The Morgan fingerprint density at radius 1 is 1.38 bits per heavy atom. The number of aromatic amines is 1. The summed E-state index contributed by atoms with van der Waals surface area (Å²) in [7, 11) is 0. The highest BCUT2D eigenvalue weighted by molar-refractivity contribution is 5.78. The summed E-state index contributed by atoms with van der Waals surface area (Å²) in [6.07, 6.45) is 8.51. The fourth-order valence-corrected chi connectivity index (χ4v) is 2.67. The van der Waals surface area contributed by atoms with Gasteiger partial charge in [-0.05, 0) is 25.0 Å². The Morgan fingerprint density at radius 2 is 2.24 bits per heavy atom. The van der Waals surface area contributed by atoms with Crippen molar-refractivity contribution in [2.24, 2.45) is 5.92 Å². The number of pyridine rings is 1. The summed E-state index contributed by atoms with van der Waals surface area (Å²) in [6.45, 7) is 0.594. The van der Waals surface area contributed by atoms with Gasteiger partial charge in [-0.25, -0.2) is 4.98 Å². The summed E-state index contributed by atoms with van der Waals surface area (Å²) >= 11 is 0. The van der Waals surface area contributed by atoms with Crippen molar-refractivity contribution in [3.63, 3.8) is 0 Å². The van der Waals surface area contributed by atoms with Crippen molar-refractivity contribution in [2.75, 3.05) is 6.54 Å². The summed E-state index contributed by atoms with van der Waals surface area (Å²) in [6, 6.07) is 3.77. The van der Waals surface area contributed by atoms with Gasteiger partial charge in [-0.2, -0.15) is 5.10 Å². The van der Waals surface area contributed by atoms with Crippen LogP contribution in [0.3, 0.4) is 0 Å². The number of H-pyrrole nitrogens is 1. The second kappa shape index (κ2) is 6.47. The molecule has 1 aliphatic carbocycles. The van der Waals surface area contributed by atoms with E-state index in [1.807, 2.05) is 12.1 Å². The zero-order valence-corrected chi connectivity index (χ0v) is 11.9. The minimum atomic E-state index is 0.180. The van der Waals surface area contributed by atoms with E-state index in [2.05, 4.69) is 25.5 Å². The minimum absolute atomic E-state index is 0.180. The Labute approximate surface area is 123 Å². The quantitative estimate of drug-likeness (QED) is 0.876. The van der Waals surface area contributed by atoms with Gasteiger partial charge in [-0.3, -0.25) is 14.9 Å². The number of carbonyl (C=O) groups excluding carboxylic acids is 1. The predicted molar refractivity (Wildman–Crippen MR) is 78.3 cm³/mol. The zero-order chi connectivity index (χ0) is 14.5. The van der Waals surface area contributed by atoms with E-state index < -0.39 is 0 Å². The normalized spacial score (nSPS) is 15.2. The van der Waals surface area contributed by atoms with Crippen molar-refractivity contribution in [3.8, 4) is 11.4 Å². The fourth-order valence-electron chi connectivity index (χ4n) is 2.67. The van der Waals surface area contributed by atoms with Crippen molar-refractivity contribution in [1.82, 2.24) is 25.5 Å². The number of hydrogen-bond donors (Lipinski definition) is 2. The van der Waals surface area contributed by atoms with Crippen LogP contribution < -0.4 is 5.32 Å². The van der Waals surface area contributed by atoms with Crippen molar-refractivity contribution in [1.29, 1.82) is 0 Å². The van der Waals surface area contributed by atoms with E-state index in [4.69, 9.17) is 0 Å². The molecule has 110 valence electrons. The summed E-state index contributed by atoms with van der Waals surface area (Å²) in [5.41, 5.74) is 0.884. The molecule has 6 heteroatoms. The van der Waals surface area contributed by atoms with E-state index in [0.717, 1.165) is 24.2 Å². The van der Waals surface area contributed by atoms with Gasteiger partial charge in [0.25, 0.3) is 0 Å². The Hall–Kier alpha value is -2.24. The molecule has 0 aromatic carbocycles. The molecule has 1 aliphatic rings. The van der Waals surface area contributed by atoms with Gasteiger partial charge in [0.2, 0.25) is 5.91 Å². The van der Waals surface area contributed by atoms with Crippen molar-refractivity contribution < 1.29 is 4.79 Å². The second-order valence-corrected chi connectivity index (χ2v) is 5.37. The third-order valence-corrected chi connectivity index (χ3v) is 3.84. The lowest BCUT2D eigenvalue weighted by molar-refractivity contribution is -0.124. The smallest absolute Gasteiger partial charge is 0.223 e. The third-order valence-electron chi connectivity index (χ3n) is 3.84. The van der Waals surface area contributed by atoms with Crippen LogP contribution >= 0.6 is 0 Å². The molecule has 0 radical (unpaired) electrons. The van der Waals surface area contributed by atoms with Crippen LogP contribution in [0.1, 0.15) is 31.5 Å². The molecule has 0 bridgehead atoms. The van der Waals surface area contributed by atoms with E-state index in [1.165, 1.54) is 12.8 Å². The van der Waals surface area contributed by atoms with Gasteiger partial charge in [-0.1, -0.05) is 12.8 Å². The molecule has 2 aromatic heterocycles. The van der Waals surface area contributed by atoms with Crippen LogP contribution in [0.4, 0.5) is 0 Å². The van der Waals surface area contributed by atoms with E-state index in [9.17, 15) is 4.79 Å². The monoisotopic (exact) mass is 285 g/mol. The molecule has 6 nitrogen and oxygen atoms in total. The summed E-state index contributed by atoms with van der Waals surface area (Å²) < 4.78 is 0. The lowest BCUT2D eigenvalue weighted by Gasteiger charge is -2.09. The summed E-state index contributed by atoms with van der Waals surface area (Å²) in [5.74, 6) is 1.81. The molecular weight excluding hydrogens is 266 g/mol. The zero-order valence-electron chi connectivity index (χ0n) is 11.9. The van der Waals surface area contributed by atoms with Crippen LogP contribution in [0.2, 0.25) is 0 Å². The number of hydrogen-bond acceptors (Lipinski definition) is 4. The van der Waals surface area contributed by atoms with Gasteiger partial charge in [0, 0.05) is 36.8 Å². The minimum Gasteiger partial charge on any atom is -0.355 e. The molecule has 1 amide bonds. The molecule has 2 aromatic rings. The molecule has 0 aliphatic heterocycles. The summed E-state index contributed by atoms with van der Waals surface area (Å²) in [5, 5.41) is 10.1. The maximum absolute atomic E-state index is 11.9. The van der Waals surface area contributed by atoms with Crippen LogP contribution in [0.25, 0.3) is 11.4 Å². The lowest BCUT2D eigenvalue weighted by Crippen LogP contribution is -2.31. The molecular formula is C15H19N5O. The van der Waals surface area contributed by atoms with E-state index in [0.29, 0.717) is 18.8 Å². The van der Waals surface area contributed by atoms with E-state index in [-0.39, 0.29) is 11.8 Å². The molecule has 0 atom stereocenters. The van der Waals surface area contributed by atoms with Gasteiger partial charge in [0.1, 0.15) is 5.82 Å². The van der Waals surface area contributed by atoms with Crippen molar-refractivity contribution in [3.05, 3.63) is 30.4 Å². The first-order chi connectivity index (χ1) is 10.3. The van der Waals surface area contributed by atoms with E-state index in [1.54, 1.807) is 12.4 Å². The van der Waals surface area contributed by atoms with Crippen LogP contribution in [0.15, 0.2) is 24.5 Å². The highest BCUT2D eigenvalue weighted by Gasteiger charge is 2.22. The van der Waals surface area contributed by atoms with Gasteiger partial charge < -0.3 is 5.32 Å². The van der Waals surface area contributed by atoms with Gasteiger partial charge in [0.05, 0.1) is 0 Å². The standard InChI is InChI=1S/C15H19N5O/c21-15(11-4-1-2-5-11)17-9-7-13-18-14(20-19-13)12-6-3-8-16-10-12/h3,6,8,10-11H,1-2,4-5,7,9H2,(H,17,21)(H,18,19,20). The Kier molecular flexibility index (Phi) is 4.23. The molecule has 0 saturated heterocycles.